The van der Waals surface area contributed by atoms with Gasteiger partial charge in [-0.25, -0.2) is 4.79 Å². The molecule has 2 rings (SSSR count). The fourth-order valence-corrected chi connectivity index (χ4v) is 3.21. The van der Waals surface area contributed by atoms with Gasteiger partial charge in [-0.2, -0.15) is 0 Å². The van der Waals surface area contributed by atoms with Gasteiger partial charge in [-0.1, -0.05) is 26.7 Å². The fourth-order valence-electron chi connectivity index (χ4n) is 3.21. The van der Waals surface area contributed by atoms with E-state index in [1.165, 1.54) is 19.2 Å². The summed E-state index contributed by atoms with van der Waals surface area (Å²) in [5, 5.41) is 13.8. The van der Waals surface area contributed by atoms with E-state index >= 15 is 0 Å². The summed E-state index contributed by atoms with van der Waals surface area (Å²) in [5.74, 6) is -0.179. The third kappa shape index (κ3) is 4.71. The molecule has 0 unspecified atom stereocenters. The minimum atomic E-state index is -0.842. The van der Waals surface area contributed by atoms with Gasteiger partial charge in [0.1, 0.15) is 11.3 Å². The zero-order valence-corrected chi connectivity index (χ0v) is 15.2. The Bertz CT molecular complexity index is 690. The zero-order valence-electron chi connectivity index (χ0n) is 15.2. The Hall–Kier alpha value is -2.64. The van der Waals surface area contributed by atoms with Gasteiger partial charge in [0, 0.05) is 18.2 Å². The number of nitro groups is 1. The normalized spacial score (nSPS) is 22.3. The van der Waals surface area contributed by atoms with Crippen molar-refractivity contribution in [1.29, 1.82) is 0 Å². The lowest BCUT2D eigenvalue weighted by molar-refractivity contribution is -0.384. The second-order valence-electron chi connectivity index (χ2n) is 6.66. The molecule has 142 valence electrons. The van der Waals surface area contributed by atoms with E-state index in [1.807, 2.05) is 0 Å². The third-order valence-electron chi connectivity index (χ3n) is 5.00. The van der Waals surface area contributed by atoms with Crippen molar-refractivity contribution in [3.63, 3.8) is 0 Å². The van der Waals surface area contributed by atoms with Crippen molar-refractivity contribution in [3.8, 4) is 5.75 Å². The van der Waals surface area contributed by atoms with Crippen LogP contribution in [0.3, 0.4) is 0 Å². The van der Waals surface area contributed by atoms with Gasteiger partial charge < -0.3 is 14.8 Å². The maximum Gasteiger partial charge on any atom is 0.342 e. The van der Waals surface area contributed by atoms with Crippen LogP contribution in [0.25, 0.3) is 0 Å². The van der Waals surface area contributed by atoms with E-state index in [9.17, 15) is 19.7 Å². The maximum absolute atomic E-state index is 12.2. The van der Waals surface area contributed by atoms with Crippen LogP contribution in [0.2, 0.25) is 0 Å². The van der Waals surface area contributed by atoms with E-state index in [2.05, 4.69) is 19.2 Å². The molecule has 0 aromatic heterocycles. The molecule has 0 heterocycles. The lowest BCUT2D eigenvalue weighted by Gasteiger charge is -2.34. The average Bonchev–Trinajstić information content (AvgIpc) is 2.62. The van der Waals surface area contributed by atoms with Crippen LogP contribution < -0.4 is 10.1 Å². The Morgan fingerprint density at radius 3 is 2.69 bits per heavy atom. The lowest BCUT2D eigenvalue weighted by atomic mass is 9.78. The summed E-state index contributed by atoms with van der Waals surface area (Å²) in [6.45, 7) is 3.83. The number of amides is 1. The third-order valence-corrected chi connectivity index (χ3v) is 5.00. The summed E-state index contributed by atoms with van der Waals surface area (Å²) in [7, 11) is 1.34. The van der Waals surface area contributed by atoms with Crippen LogP contribution >= 0.6 is 0 Å². The number of nitrogens with one attached hydrogen (secondary N) is 1. The van der Waals surface area contributed by atoms with Crippen molar-refractivity contribution >= 4 is 17.6 Å². The van der Waals surface area contributed by atoms with E-state index in [4.69, 9.17) is 9.47 Å². The molecule has 0 saturated heterocycles. The van der Waals surface area contributed by atoms with Gasteiger partial charge in [0.2, 0.25) is 0 Å². The van der Waals surface area contributed by atoms with Crippen LogP contribution in [-0.2, 0) is 9.53 Å². The zero-order chi connectivity index (χ0) is 19.3. The van der Waals surface area contributed by atoms with Gasteiger partial charge in [0.05, 0.1) is 12.0 Å². The van der Waals surface area contributed by atoms with Crippen LogP contribution in [0.4, 0.5) is 5.69 Å². The lowest BCUT2D eigenvalue weighted by Crippen LogP contribution is -2.45. The summed E-state index contributed by atoms with van der Waals surface area (Å²) < 4.78 is 10.0. The first-order valence-corrected chi connectivity index (χ1v) is 8.62. The fraction of sp³-hybridized carbons (Fsp3) is 0.556. The molecule has 8 nitrogen and oxygen atoms in total. The molecule has 3 atom stereocenters. The van der Waals surface area contributed by atoms with Gasteiger partial charge in [-0.3, -0.25) is 14.9 Å². The average molecular weight is 364 g/mol. The molecule has 1 aromatic carbocycles. The highest BCUT2D eigenvalue weighted by molar-refractivity contribution is 5.94. The second-order valence-corrected chi connectivity index (χ2v) is 6.66. The predicted octanol–water partition coefficient (Wildman–Crippen LogP) is 2.70. The Morgan fingerprint density at radius 1 is 1.31 bits per heavy atom. The molecular weight excluding hydrogens is 340 g/mol. The number of methoxy groups -OCH3 is 1. The Balaban J connectivity index is 1.96. The quantitative estimate of drug-likeness (QED) is 0.472. The van der Waals surface area contributed by atoms with Crippen LogP contribution in [0, 0.1) is 22.0 Å². The molecule has 0 spiro atoms. The molecule has 1 N–H and O–H groups in total. The van der Waals surface area contributed by atoms with Crippen molar-refractivity contribution in [2.75, 3.05) is 13.7 Å². The first-order valence-electron chi connectivity index (χ1n) is 8.62. The Labute approximate surface area is 152 Å². The Kier molecular flexibility index (Phi) is 6.54. The number of rotatable bonds is 6. The number of carbonyl (C=O) groups excluding carboxylic acids is 2. The van der Waals surface area contributed by atoms with Gasteiger partial charge in [-0.15, -0.1) is 0 Å². The SMILES string of the molecule is COc1ccc([N+](=O)[O-])cc1C(=O)OCC(=O)N[C@H]1CCC[C@@H](C)[C@H]1C. The minimum absolute atomic E-state index is 0.0669. The van der Waals surface area contributed by atoms with E-state index in [0.717, 1.165) is 25.3 Å². The van der Waals surface area contributed by atoms with Gasteiger partial charge >= 0.3 is 5.97 Å². The number of non-ortho nitro benzene ring substituents is 1. The summed E-state index contributed by atoms with van der Waals surface area (Å²) in [6.07, 6.45) is 3.11. The van der Waals surface area contributed by atoms with Gasteiger partial charge in [0.25, 0.3) is 11.6 Å². The number of nitro benzene ring substituents is 1. The van der Waals surface area contributed by atoms with Crippen LogP contribution in [-0.4, -0.2) is 36.6 Å². The van der Waals surface area contributed by atoms with Gasteiger partial charge in [0.15, 0.2) is 6.61 Å². The standard InChI is InChI=1S/C18H24N2O6/c1-11-5-4-6-15(12(11)2)19-17(21)10-26-18(22)14-9-13(20(23)24)7-8-16(14)25-3/h7-9,11-12,15H,4-6,10H2,1-3H3,(H,19,21)/t11-,12-,15+/m1/s1. The molecule has 1 fully saturated rings. The maximum atomic E-state index is 12.2. The topological polar surface area (TPSA) is 108 Å². The molecule has 0 aliphatic heterocycles. The molecule has 1 aliphatic rings. The van der Waals surface area contributed by atoms with E-state index in [0.29, 0.717) is 11.8 Å². The molecular formula is C18H24N2O6. The number of esters is 1. The summed E-state index contributed by atoms with van der Waals surface area (Å²) in [4.78, 5) is 34.6. The van der Waals surface area contributed by atoms with Crippen LogP contribution in [0.15, 0.2) is 18.2 Å². The number of ether oxygens (including phenoxy) is 2. The van der Waals surface area contributed by atoms with Crippen molar-refractivity contribution in [1.82, 2.24) is 5.32 Å². The first kappa shape index (κ1) is 19.7. The Morgan fingerprint density at radius 2 is 2.04 bits per heavy atom. The highest BCUT2D eigenvalue weighted by Crippen LogP contribution is 2.29. The summed E-state index contributed by atoms with van der Waals surface area (Å²) in [6, 6.07) is 3.69. The van der Waals surface area contributed by atoms with Crippen molar-refractivity contribution < 1.29 is 24.0 Å². The van der Waals surface area contributed by atoms with E-state index in [-0.39, 0.29) is 28.9 Å². The number of nitrogens with zero attached hydrogens (tertiary/aromatic N) is 1. The molecule has 1 saturated carbocycles. The summed E-state index contributed by atoms with van der Waals surface area (Å²) >= 11 is 0. The monoisotopic (exact) mass is 364 g/mol. The predicted molar refractivity (Wildman–Crippen MR) is 94.0 cm³/mol. The number of hydrogen-bond acceptors (Lipinski definition) is 6. The van der Waals surface area contributed by atoms with Crippen molar-refractivity contribution in [2.24, 2.45) is 11.8 Å². The van der Waals surface area contributed by atoms with Crippen molar-refractivity contribution in [3.05, 3.63) is 33.9 Å². The summed E-state index contributed by atoms with van der Waals surface area (Å²) in [5.41, 5.74) is -0.346. The van der Waals surface area contributed by atoms with E-state index < -0.39 is 17.5 Å². The molecule has 8 heteroatoms. The molecule has 0 radical (unpaired) electrons. The van der Waals surface area contributed by atoms with Gasteiger partial charge in [-0.05, 0) is 24.3 Å². The second kappa shape index (κ2) is 8.64. The molecule has 1 aromatic rings. The van der Waals surface area contributed by atoms with Crippen LogP contribution in [0.5, 0.6) is 5.75 Å². The number of carbonyl (C=O) groups is 2. The largest absolute Gasteiger partial charge is 0.496 e. The molecule has 26 heavy (non-hydrogen) atoms. The smallest absolute Gasteiger partial charge is 0.342 e. The van der Waals surface area contributed by atoms with E-state index in [1.54, 1.807) is 0 Å². The minimum Gasteiger partial charge on any atom is -0.496 e. The molecule has 1 aliphatic carbocycles. The first-order chi connectivity index (χ1) is 12.3. The number of benzene rings is 1. The molecule has 1 amide bonds. The van der Waals surface area contributed by atoms with Crippen LogP contribution in [0.1, 0.15) is 43.5 Å². The highest BCUT2D eigenvalue weighted by atomic mass is 16.6. The highest BCUT2D eigenvalue weighted by Gasteiger charge is 2.28. The van der Waals surface area contributed by atoms with Crippen molar-refractivity contribution in [2.45, 2.75) is 39.2 Å². The molecule has 0 bridgehead atoms. The number of hydrogen-bond donors (Lipinski definition) is 1.